The number of rotatable bonds is 5. The van der Waals surface area contributed by atoms with Crippen molar-refractivity contribution in [2.24, 2.45) is 5.92 Å². The van der Waals surface area contributed by atoms with Crippen LogP contribution in [0.1, 0.15) is 18.4 Å². The molecule has 5 heteroatoms. The highest BCUT2D eigenvalue weighted by atomic mass is 16.3. The molecule has 3 rings (SSSR count). The molecule has 2 aromatic heterocycles. The van der Waals surface area contributed by atoms with Crippen LogP contribution in [0.25, 0.3) is 11.0 Å². The van der Waals surface area contributed by atoms with Crippen LogP contribution in [0, 0.1) is 5.92 Å². The average Bonchev–Trinajstić information content (AvgIpc) is 3.20. The van der Waals surface area contributed by atoms with E-state index in [-0.39, 0.29) is 19.1 Å². The third-order valence-electron chi connectivity index (χ3n) is 3.49. The molecule has 0 atom stereocenters. The monoisotopic (exact) mass is 259 g/mol. The first-order valence-electron chi connectivity index (χ1n) is 6.58. The van der Waals surface area contributed by atoms with Gasteiger partial charge in [0.15, 0.2) is 0 Å². The van der Waals surface area contributed by atoms with Crippen molar-refractivity contribution in [1.82, 2.24) is 14.9 Å². The van der Waals surface area contributed by atoms with Gasteiger partial charge in [0, 0.05) is 29.9 Å². The van der Waals surface area contributed by atoms with Crippen LogP contribution < -0.4 is 5.32 Å². The zero-order chi connectivity index (χ0) is 13.2. The molecule has 2 N–H and O–H groups in total. The first kappa shape index (κ1) is 12.2. The van der Waals surface area contributed by atoms with E-state index >= 15 is 0 Å². The summed E-state index contributed by atoms with van der Waals surface area (Å²) in [5, 5.41) is 13.2. The van der Waals surface area contributed by atoms with Gasteiger partial charge in [0.2, 0.25) is 5.91 Å². The third-order valence-corrected chi connectivity index (χ3v) is 3.49. The molecule has 2 aromatic rings. The van der Waals surface area contributed by atoms with Gasteiger partial charge >= 0.3 is 0 Å². The molecule has 1 aliphatic rings. The summed E-state index contributed by atoms with van der Waals surface area (Å²) in [5.41, 5.74) is 1.55. The molecule has 0 bridgehead atoms. The van der Waals surface area contributed by atoms with Crippen molar-refractivity contribution in [2.75, 3.05) is 6.54 Å². The van der Waals surface area contributed by atoms with Crippen LogP contribution >= 0.6 is 0 Å². The lowest BCUT2D eigenvalue weighted by Crippen LogP contribution is -2.29. The zero-order valence-corrected chi connectivity index (χ0v) is 10.7. The molecule has 0 aliphatic heterocycles. The van der Waals surface area contributed by atoms with Crippen LogP contribution in [-0.4, -0.2) is 27.1 Å². The highest BCUT2D eigenvalue weighted by Gasteiger charge is 2.21. The summed E-state index contributed by atoms with van der Waals surface area (Å²) in [7, 11) is 0. The summed E-state index contributed by atoms with van der Waals surface area (Å²) in [6, 6.07) is 3.74. The summed E-state index contributed by atoms with van der Waals surface area (Å²) < 4.78 is 1.79. The molecule has 0 saturated heterocycles. The number of amides is 1. The molecule has 0 radical (unpaired) electrons. The largest absolute Gasteiger partial charge is 0.392 e. The van der Waals surface area contributed by atoms with Gasteiger partial charge in [-0.15, -0.1) is 0 Å². The lowest BCUT2D eigenvalue weighted by Gasteiger charge is -2.05. The van der Waals surface area contributed by atoms with Crippen molar-refractivity contribution in [1.29, 1.82) is 0 Å². The average molecular weight is 259 g/mol. The number of nitrogens with one attached hydrogen (secondary N) is 1. The number of carbonyl (C=O) groups is 1. The summed E-state index contributed by atoms with van der Waals surface area (Å²) in [4.78, 5) is 16.1. The Bertz CT molecular complexity index is 602. The van der Waals surface area contributed by atoms with Gasteiger partial charge in [-0.25, -0.2) is 4.98 Å². The Balaban J connectivity index is 1.77. The molecule has 100 valence electrons. The van der Waals surface area contributed by atoms with E-state index in [1.807, 2.05) is 12.1 Å². The van der Waals surface area contributed by atoms with Crippen molar-refractivity contribution < 1.29 is 9.90 Å². The number of aromatic nitrogens is 2. The lowest BCUT2D eigenvalue weighted by molar-refractivity contribution is -0.121. The van der Waals surface area contributed by atoms with E-state index in [2.05, 4.69) is 10.3 Å². The number of aliphatic hydroxyl groups is 1. The molecule has 1 fully saturated rings. The molecule has 0 aromatic carbocycles. The van der Waals surface area contributed by atoms with Gasteiger partial charge in [-0.2, -0.15) is 0 Å². The Morgan fingerprint density at radius 2 is 2.37 bits per heavy atom. The maximum absolute atomic E-state index is 11.9. The highest BCUT2D eigenvalue weighted by Crippen LogP contribution is 2.27. The van der Waals surface area contributed by atoms with Crippen LogP contribution in [0.4, 0.5) is 0 Å². The smallest absolute Gasteiger partial charge is 0.240 e. The molecular formula is C14H17N3O2. The number of fused-ring (bicyclic) bond motifs is 1. The van der Waals surface area contributed by atoms with Gasteiger partial charge in [-0.3, -0.25) is 4.79 Å². The second kappa shape index (κ2) is 5.01. The fourth-order valence-electron chi connectivity index (χ4n) is 2.23. The normalized spacial score (nSPS) is 14.8. The predicted octanol–water partition coefficient (Wildman–Crippen LogP) is 1.05. The maximum Gasteiger partial charge on any atom is 0.240 e. The Morgan fingerprint density at radius 1 is 1.53 bits per heavy atom. The van der Waals surface area contributed by atoms with E-state index in [4.69, 9.17) is 0 Å². The number of hydrogen-bond donors (Lipinski definition) is 2. The summed E-state index contributed by atoms with van der Waals surface area (Å²) in [6.45, 7) is 0.984. The van der Waals surface area contributed by atoms with E-state index < -0.39 is 0 Å². The molecule has 0 spiro atoms. The minimum absolute atomic E-state index is 0.000979. The molecule has 0 unspecified atom stereocenters. The molecular weight excluding hydrogens is 242 g/mol. The second-order valence-electron chi connectivity index (χ2n) is 5.06. The first-order valence-corrected chi connectivity index (χ1v) is 6.58. The molecule has 1 amide bonds. The van der Waals surface area contributed by atoms with Crippen LogP contribution in [0.5, 0.6) is 0 Å². The maximum atomic E-state index is 11.9. The molecule has 2 heterocycles. The summed E-state index contributed by atoms with van der Waals surface area (Å²) in [6.07, 6.45) is 5.95. The van der Waals surface area contributed by atoms with Crippen molar-refractivity contribution in [3.8, 4) is 0 Å². The van der Waals surface area contributed by atoms with Gasteiger partial charge in [-0.05, 0) is 30.9 Å². The van der Waals surface area contributed by atoms with Crippen LogP contribution in [0.3, 0.4) is 0 Å². The van der Waals surface area contributed by atoms with Crippen molar-refractivity contribution >= 4 is 16.9 Å². The van der Waals surface area contributed by atoms with Gasteiger partial charge in [0.1, 0.15) is 12.2 Å². The Morgan fingerprint density at radius 3 is 3.11 bits per heavy atom. The third kappa shape index (κ3) is 2.61. The fourth-order valence-corrected chi connectivity index (χ4v) is 2.23. The standard InChI is InChI=1S/C14H17N3O2/c18-9-11-7-17(14-12(11)2-1-5-15-14)8-13(19)16-6-10-3-4-10/h1-2,5,7,10,18H,3-4,6,8-9H2,(H,16,19). The van der Waals surface area contributed by atoms with E-state index in [1.165, 1.54) is 12.8 Å². The van der Waals surface area contributed by atoms with E-state index in [9.17, 15) is 9.90 Å². The topological polar surface area (TPSA) is 67.2 Å². The van der Waals surface area contributed by atoms with E-state index in [0.717, 1.165) is 23.1 Å². The predicted molar refractivity (Wildman–Crippen MR) is 71.4 cm³/mol. The minimum Gasteiger partial charge on any atom is -0.392 e. The summed E-state index contributed by atoms with van der Waals surface area (Å²) >= 11 is 0. The van der Waals surface area contributed by atoms with Crippen LogP contribution in [0.2, 0.25) is 0 Å². The zero-order valence-electron chi connectivity index (χ0n) is 10.7. The SMILES string of the molecule is O=C(Cn1cc(CO)c2cccnc21)NCC1CC1. The molecule has 5 nitrogen and oxygen atoms in total. The van der Waals surface area contributed by atoms with Crippen molar-refractivity contribution in [3.05, 3.63) is 30.1 Å². The number of pyridine rings is 1. The molecule has 19 heavy (non-hydrogen) atoms. The highest BCUT2D eigenvalue weighted by molar-refractivity contribution is 5.83. The van der Waals surface area contributed by atoms with E-state index in [0.29, 0.717) is 5.92 Å². The van der Waals surface area contributed by atoms with Gasteiger partial charge in [0.05, 0.1) is 6.61 Å². The first-order chi connectivity index (χ1) is 9.28. The molecule has 1 saturated carbocycles. The molecule has 1 aliphatic carbocycles. The lowest BCUT2D eigenvalue weighted by atomic mass is 10.2. The number of carbonyl (C=O) groups excluding carboxylic acids is 1. The van der Waals surface area contributed by atoms with Crippen LogP contribution in [0.15, 0.2) is 24.5 Å². The Kier molecular flexibility index (Phi) is 3.21. The fraction of sp³-hybridized carbons (Fsp3) is 0.429. The number of nitrogens with zero attached hydrogens (tertiary/aromatic N) is 2. The number of aliphatic hydroxyl groups excluding tert-OH is 1. The van der Waals surface area contributed by atoms with Gasteiger partial charge < -0.3 is 15.0 Å². The number of hydrogen-bond acceptors (Lipinski definition) is 3. The van der Waals surface area contributed by atoms with Gasteiger partial charge in [0.25, 0.3) is 0 Å². The van der Waals surface area contributed by atoms with Gasteiger partial charge in [-0.1, -0.05) is 0 Å². The Labute approximate surface area is 111 Å². The van der Waals surface area contributed by atoms with Crippen molar-refractivity contribution in [3.63, 3.8) is 0 Å². The Hall–Kier alpha value is -1.88. The summed E-state index contributed by atoms with van der Waals surface area (Å²) in [5.74, 6) is 0.676. The van der Waals surface area contributed by atoms with Crippen molar-refractivity contribution in [2.45, 2.75) is 26.0 Å². The second-order valence-corrected chi connectivity index (χ2v) is 5.06. The quantitative estimate of drug-likeness (QED) is 0.843. The van der Waals surface area contributed by atoms with Crippen LogP contribution in [-0.2, 0) is 17.9 Å². The minimum atomic E-state index is -0.0428. The van der Waals surface area contributed by atoms with E-state index in [1.54, 1.807) is 17.0 Å².